The van der Waals surface area contributed by atoms with Crippen molar-refractivity contribution in [1.29, 1.82) is 0 Å². The van der Waals surface area contributed by atoms with Gasteiger partial charge >= 0.3 is 6.18 Å². The first-order chi connectivity index (χ1) is 11.0. The Balaban J connectivity index is 1.54. The highest BCUT2D eigenvalue weighted by Crippen LogP contribution is 2.31. The summed E-state index contributed by atoms with van der Waals surface area (Å²) in [5.74, 6) is 0.712. The number of rotatable bonds is 3. The van der Waals surface area contributed by atoms with E-state index in [1.807, 2.05) is 0 Å². The molecule has 3 rings (SSSR count). The molecule has 2 aliphatic rings. The molecular formula is C17H24F3N3. The lowest BCUT2D eigenvalue weighted by atomic mass is 9.99. The summed E-state index contributed by atoms with van der Waals surface area (Å²) >= 11 is 0. The Bertz CT molecular complexity index is 504. The first-order valence-electron chi connectivity index (χ1n) is 8.37. The lowest BCUT2D eigenvalue weighted by molar-refractivity contribution is -0.137. The molecule has 23 heavy (non-hydrogen) atoms. The van der Waals surface area contributed by atoms with Crippen molar-refractivity contribution in [2.75, 3.05) is 50.7 Å². The number of alkyl halides is 3. The summed E-state index contributed by atoms with van der Waals surface area (Å²) in [6, 6.07) is 5.67. The minimum atomic E-state index is -4.27. The van der Waals surface area contributed by atoms with Crippen molar-refractivity contribution in [2.24, 2.45) is 5.92 Å². The lowest BCUT2D eigenvalue weighted by Gasteiger charge is -2.38. The summed E-state index contributed by atoms with van der Waals surface area (Å²) in [4.78, 5) is 4.51. The lowest BCUT2D eigenvalue weighted by Crippen LogP contribution is -2.49. The molecule has 0 amide bonds. The van der Waals surface area contributed by atoms with Gasteiger partial charge in [0.1, 0.15) is 0 Å². The highest BCUT2D eigenvalue weighted by atomic mass is 19.4. The smallest absolute Gasteiger partial charge is 0.369 e. The third kappa shape index (κ3) is 4.38. The number of hydrogen-bond donors (Lipinski definition) is 1. The van der Waals surface area contributed by atoms with Crippen LogP contribution in [0.3, 0.4) is 0 Å². The zero-order valence-corrected chi connectivity index (χ0v) is 13.3. The molecule has 0 spiro atoms. The van der Waals surface area contributed by atoms with Gasteiger partial charge in [-0.05, 0) is 50.0 Å². The second-order valence-corrected chi connectivity index (χ2v) is 6.55. The van der Waals surface area contributed by atoms with Crippen LogP contribution in [0.15, 0.2) is 24.3 Å². The van der Waals surface area contributed by atoms with Gasteiger partial charge in [-0.1, -0.05) is 6.07 Å². The van der Waals surface area contributed by atoms with Gasteiger partial charge in [0, 0.05) is 38.4 Å². The molecule has 6 heteroatoms. The average Bonchev–Trinajstić information content (AvgIpc) is 2.56. The molecular weight excluding hydrogens is 303 g/mol. The number of nitrogens with zero attached hydrogens (tertiary/aromatic N) is 2. The molecule has 1 aromatic rings. The van der Waals surface area contributed by atoms with E-state index in [1.165, 1.54) is 25.0 Å². The second-order valence-electron chi connectivity index (χ2n) is 6.55. The van der Waals surface area contributed by atoms with Crippen LogP contribution in [-0.2, 0) is 6.18 Å². The van der Waals surface area contributed by atoms with E-state index >= 15 is 0 Å². The molecule has 0 aromatic heterocycles. The maximum absolute atomic E-state index is 12.8. The minimum absolute atomic E-state index is 0.564. The normalized spacial score (nSPS) is 24.0. The van der Waals surface area contributed by atoms with E-state index < -0.39 is 11.7 Å². The fraction of sp³-hybridized carbons (Fsp3) is 0.647. The van der Waals surface area contributed by atoms with Crippen LogP contribution < -0.4 is 10.2 Å². The number of piperazine rings is 1. The zero-order valence-electron chi connectivity index (χ0n) is 13.3. The van der Waals surface area contributed by atoms with Gasteiger partial charge < -0.3 is 10.2 Å². The Kier molecular flexibility index (Phi) is 5.11. The number of hydrogen-bond acceptors (Lipinski definition) is 3. The molecule has 0 aliphatic carbocycles. The van der Waals surface area contributed by atoms with Crippen LogP contribution >= 0.6 is 0 Å². The van der Waals surface area contributed by atoms with Gasteiger partial charge in [-0.2, -0.15) is 13.2 Å². The number of piperidine rings is 1. The van der Waals surface area contributed by atoms with E-state index in [-0.39, 0.29) is 0 Å². The van der Waals surface area contributed by atoms with E-state index in [0.717, 1.165) is 51.9 Å². The Hall–Kier alpha value is -1.27. The van der Waals surface area contributed by atoms with Gasteiger partial charge in [-0.25, -0.2) is 0 Å². The summed E-state index contributed by atoms with van der Waals surface area (Å²) in [6.07, 6.45) is -1.75. The van der Waals surface area contributed by atoms with Gasteiger partial charge in [0.05, 0.1) is 5.56 Å². The molecule has 1 atom stereocenters. The largest absolute Gasteiger partial charge is 0.416 e. The first-order valence-corrected chi connectivity index (χ1v) is 8.37. The van der Waals surface area contributed by atoms with Crippen molar-refractivity contribution in [3.63, 3.8) is 0 Å². The predicted molar refractivity (Wildman–Crippen MR) is 85.7 cm³/mol. The van der Waals surface area contributed by atoms with Crippen molar-refractivity contribution in [3.8, 4) is 0 Å². The van der Waals surface area contributed by atoms with Crippen LogP contribution in [0, 0.1) is 5.92 Å². The molecule has 3 nitrogen and oxygen atoms in total. The predicted octanol–water partition coefficient (Wildman–Crippen LogP) is 2.83. The van der Waals surface area contributed by atoms with Gasteiger partial charge in [-0.3, -0.25) is 4.90 Å². The highest BCUT2D eigenvalue weighted by molar-refractivity contribution is 5.49. The van der Waals surface area contributed by atoms with Crippen molar-refractivity contribution >= 4 is 5.69 Å². The van der Waals surface area contributed by atoms with Crippen molar-refractivity contribution in [3.05, 3.63) is 29.8 Å². The van der Waals surface area contributed by atoms with Crippen LogP contribution in [0.25, 0.3) is 0 Å². The van der Waals surface area contributed by atoms with E-state index in [2.05, 4.69) is 15.1 Å². The van der Waals surface area contributed by atoms with Gasteiger partial charge in [-0.15, -0.1) is 0 Å². The quantitative estimate of drug-likeness (QED) is 0.921. The molecule has 2 heterocycles. The summed E-state index contributed by atoms with van der Waals surface area (Å²) < 4.78 is 38.5. The Morgan fingerprint density at radius 3 is 2.57 bits per heavy atom. The maximum Gasteiger partial charge on any atom is 0.416 e. The van der Waals surface area contributed by atoms with Crippen molar-refractivity contribution < 1.29 is 13.2 Å². The van der Waals surface area contributed by atoms with E-state index in [9.17, 15) is 13.2 Å². The number of nitrogens with one attached hydrogen (secondary N) is 1. The van der Waals surface area contributed by atoms with Gasteiger partial charge in [0.25, 0.3) is 0 Å². The average molecular weight is 327 g/mol. The van der Waals surface area contributed by atoms with E-state index in [4.69, 9.17) is 0 Å². The molecule has 0 bridgehead atoms. The summed E-state index contributed by atoms with van der Waals surface area (Å²) in [7, 11) is 0. The van der Waals surface area contributed by atoms with Crippen LogP contribution in [0.2, 0.25) is 0 Å². The minimum Gasteiger partial charge on any atom is -0.369 e. The molecule has 0 radical (unpaired) electrons. The molecule has 2 saturated heterocycles. The van der Waals surface area contributed by atoms with Crippen molar-refractivity contribution in [1.82, 2.24) is 10.2 Å². The summed E-state index contributed by atoms with van der Waals surface area (Å²) in [6.45, 7) is 6.75. The van der Waals surface area contributed by atoms with Gasteiger partial charge in [0.15, 0.2) is 0 Å². The molecule has 1 unspecified atom stereocenters. The molecule has 0 saturated carbocycles. The van der Waals surface area contributed by atoms with Crippen LogP contribution in [0.1, 0.15) is 18.4 Å². The molecule has 1 aromatic carbocycles. The second kappa shape index (κ2) is 7.09. The van der Waals surface area contributed by atoms with Crippen LogP contribution in [-0.4, -0.2) is 50.7 Å². The molecule has 2 fully saturated rings. The summed E-state index contributed by atoms with van der Waals surface area (Å²) in [5.41, 5.74) is 0.115. The standard InChI is InChI=1S/C17H24F3N3/c18-17(19,20)15-4-1-5-16(11-15)23-9-7-22(8-10-23)13-14-3-2-6-21-12-14/h1,4-5,11,14,21H,2-3,6-10,12-13H2. The topological polar surface area (TPSA) is 18.5 Å². The fourth-order valence-corrected chi connectivity index (χ4v) is 3.51. The fourth-order valence-electron chi connectivity index (χ4n) is 3.51. The highest BCUT2D eigenvalue weighted by Gasteiger charge is 2.31. The van der Waals surface area contributed by atoms with E-state index in [0.29, 0.717) is 11.6 Å². The first kappa shape index (κ1) is 16.6. The third-order valence-corrected chi connectivity index (χ3v) is 4.83. The van der Waals surface area contributed by atoms with Crippen molar-refractivity contribution in [2.45, 2.75) is 19.0 Å². The SMILES string of the molecule is FC(F)(F)c1cccc(N2CCN(CC3CCCNC3)CC2)c1. The summed E-state index contributed by atoms with van der Waals surface area (Å²) in [5, 5.41) is 3.44. The Labute approximate surface area is 135 Å². The molecule has 2 aliphatic heterocycles. The zero-order chi connectivity index (χ0) is 16.3. The Morgan fingerprint density at radius 1 is 1.13 bits per heavy atom. The van der Waals surface area contributed by atoms with Crippen LogP contribution in [0.4, 0.5) is 18.9 Å². The van der Waals surface area contributed by atoms with E-state index in [1.54, 1.807) is 6.07 Å². The molecule has 1 N–H and O–H groups in total. The monoisotopic (exact) mass is 327 g/mol. The number of anilines is 1. The maximum atomic E-state index is 12.8. The van der Waals surface area contributed by atoms with Crippen LogP contribution in [0.5, 0.6) is 0 Å². The molecule has 128 valence electrons. The van der Waals surface area contributed by atoms with Gasteiger partial charge in [0.2, 0.25) is 0 Å². The third-order valence-electron chi connectivity index (χ3n) is 4.83. The number of benzene rings is 1. The Morgan fingerprint density at radius 2 is 1.91 bits per heavy atom. The number of halogens is 3.